The fourth-order valence-electron chi connectivity index (χ4n) is 0.995. The molecule has 0 heterocycles. The number of esters is 1. The van der Waals surface area contributed by atoms with Gasteiger partial charge in [-0.1, -0.05) is 11.6 Å². The van der Waals surface area contributed by atoms with Crippen molar-refractivity contribution in [2.45, 2.75) is 6.92 Å². The van der Waals surface area contributed by atoms with Gasteiger partial charge in [-0.25, -0.2) is 4.79 Å². The Balaban J connectivity index is 2.95. The van der Waals surface area contributed by atoms with Crippen molar-refractivity contribution in [3.8, 4) is 0 Å². The van der Waals surface area contributed by atoms with Crippen LogP contribution in [0.2, 0.25) is 0 Å². The maximum absolute atomic E-state index is 11.4. The molecule has 0 spiro atoms. The first-order chi connectivity index (χ1) is 6.15. The Kier molecular flexibility index (Phi) is 3.92. The molecule has 0 atom stereocenters. The minimum atomic E-state index is -0.209. The number of carbonyl (C=O) groups is 1. The second kappa shape index (κ2) is 4.76. The van der Waals surface area contributed by atoms with Crippen LogP contribution in [0.25, 0.3) is 0 Å². The lowest BCUT2D eigenvalue weighted by Crippen LogP contribution is -2.08. The molecular weight excluding hydrogens is 295 g/mol. The molecule has 0 unspecified atom stereocenters. The molecule has 0 aliphatic rings. The summed E-state index contributed by atoms with van der Waals surface area (Å²) in [6.07, 6.45) is 0.558. The average molecular weight is 306 g/mol. The summed E-state index contributed by atoms with van der Waals surface area (Å²) in [5, 5.41) is 0. The molecule has 1 rings (SSSR count). The van der Waals surface area contributed by atoms with Crippen LogP contribution < -0.4 is 0 Å². The highest BCUT2D eigenvalue weighted by molar-refractivity contribution is 14.1. The molecule has 2 nitrogen and oxygen atoms in total. The molecule has 1 aromatic carbocycles. The van der Waals surface area contributed by atoms with E-state index >= 15 is 0 Å². The zero-order chi connectivity index (χ0) is 9.84. The van der Waals surface area contributed by atoms with Crippen LogP contribution in [0.15, 0.2) is 18.2 Å². The fourth-order valence-corrected chi connectivity index (χ4v) is 2.15. The summed E-state index contributed by atoms with van der Waals surface area (Å²) in [5.74, 6) is -0.209. The van der Waals surface area contributed by atoms with Crippen LogP contribution in [0.3, 0.4) is 0 Å². The average Bonchev–Trinajstić information content (AvgIpc) is 2.04. The molecule has 4 heteroatoms. The maximum Gasteiger partial charge on any atom is 0.338 e. The second-order valence-electron chi connectivity index (χ2n) is 2.70. The predicted molar refractivity (Wildman–Crippen MR) is 64.1 cm³/mol. The van der Waals surface area contributed by atoms with Crippen LogP contribution in [0.5, 0.6) is 0 Å². The Morgan fingerprint density at radius 3 is 2.85 bits per heavy atom. The van der Waals surface area contributed by atoms with Crippen molar-refractivity contribution in [1.29, 1.82) is 0 Å². The van der Waals surface area contributed by atoms with Crippen LogP contribution in [-0.4, -0.2) is 22.4 Å². The van der Waals surface area contributed by atoms with Crippen molar-refractivity contribution in [3.63, 3.8) is 0 Å². The van der Waals surface area contributed by atoms with Gasteiger partial charge in [0, 0.05) is 3.57 Å². The van der Waals surface area contributed by atoms with Gasteiger partial charge in [0.25, 0.3) is 0 Å². The van der Waals surface area contributed by atoms with E-state index in [-0.39, 0.29) is 5.97 Å². The van der Waals surface area contributed by atoms with Crippen molar-refractivity contribution in [1.82, 2.24) is 0 Å². The number of hydrogen-bond donors (Lipinski definition) is 0. The van der Waals surface area contributed by atoms with Crippen molar-refractivity contribution in [2.75, 3.05) is 6.23 Å². The third-order valence-electron chi connectivity index (χ3n) is 1.62. The quantitative estimate of drug-likeness (QED) is 0.464. The highest BCUT2D eigenvalue weighted by atomic mass is 127. The van der Waals surface area contributed by atoms with E-state index in [0.717, 1.165) is 19.4 Å². The van der Waals surface area contributed by atoms with Gasteiger partial charge in [0.2, 0.25) is 0 Å². The number of ether oxygens (including phenoxy) is 1. The summed E-state index contributed by atoms with van der Waals surface area (Å²) in [5.41, 5.74) is 1.83. The first-order valence-corrected chi connectivity index (χ1v) is 6.57. The summed E-state index contributed by atoms with van der Waals surface area (Å²) < 4.78 is 5.92. The first kappa shape index (κ1) is 10.7. The monoisotopic (exact) mass is 306 g/mol. The molecule has 0 amide bonds. The van der Waals surface area contributed by atoms with Crippen molar-refractivity contribution < 1.29 is 9.53 Å². The van der Waals surface area contributed by atoms with Gasteiger partial charge in [0.15, 0.2) is 0 Å². The van der Waals surface area contributed by atoms with Crippen LogP contribution in [-0.2, 0) is 4.74 Å². The van der Waals surface area contributed by atoms with E-state index in [9.17, 15) is 4.79 Å². The molecule has 0 saturated heterocycles. The molecule has 0 aliphatic heterocycles. The van der Waals surface area contributed by atoms with Gasteiger partial charge < -0.3 is 4.74 Å². The van der Waals surface area contributed by atoms with Crippen molar-refractivity contribution in [3.05, 3.63) is 32.9 Å². The molecule has 0 N–H and O–H groups in total. The van der Waals surface area contributed by atoms with Crippen LogP contribution >= 0.6 is 22.6 Å². The van der Waals surface area contributed by atoms with Crippen molar-refractivity contribution in [2.24, 2.45) is 0 Å². The molecular formula is C9H11IO2Si. The Labute approximate surface area is 94.2 Å². The Bertz CT molecular complexity index is 325. The molecule has 0 aliphatic carbocycles. The third kappa shape index (κ3) is 2.80. The second-order valence-corrected chi connectivity index (χ2v) is 4.44. The van der Waals surface area contributed by atoms with Gasteiger partial charge in [-0.3, -0.25) is 0 Å². The summed E-state index contributed by atoms with van der Waals surface area (Å²) in [6.45, 7) is 2.00. The fraction of sp³-hybridized carbons (Fsp3) is 0.222. The predicted octanol–water partition coefficient (Wildman–Crippen LogP) is 1.08. The molecule has 1 aromatic rings. The highest BCUT2D eigenvalue weighted by Gasteiger charge is 2.09. The lowest BCUT2D eigenvalue weighted by Gasteiger charge is -2.04. The Morgan fingerprint density at radius 2 is 2.31 bits per heavy atom. The van der Waals surface area contributed by atoms with Crippen LogP contribution in [0.4, 0.5) is 0 Å². The number of carbonyl (C=O) groups excluding carboxylic acids is 1. The van der Waals surface area contributed by atoms with Crippen LogP contribution in [0.1, 0.15) is 15.9 Å². The number of rotatable bonds is 2. The van der Waals surface area contributed by atoms with Gasteiger partial charge in [-0.15, -0.1) is 0 Å². The standard InChI is InChI=1S/C9H11IO2Si/c1-6-2-3-7(8(10)4-6)9(11)12-5-13/h2-4H,5H2,1,13H3. The Hall–Kier alpha value is -0.363. The lowest BCUT2D eigenvalue weighted by molar-refractivity contribution is 0.0572. The van der Waals surface area contributed by atoms with E-state index in [2.05, 4.69) is 22.6 Å². The molecule has 13 heavy (non-hydrogen) atoms. The van der Waals surface area contributed by atoms with E-state index in [4.69, 9.17) is 4.74 Å². The molecule has 0 radical (unpaired) electrons. The van der Waals surface area contributed by atoms with Gasteiger partial charge >= 0.3 is 5.97 Å². The normalized spacial score (nSPS) is 10.0. The minimum absolute atomic E-state index is 0.209. The van der Waals surface area contributed by atoms with Gasteiger partial charge in [-0.2, -0.15) is 0 Å². The summed E-state index contributed by atoms with van der Waals surface area (Å²) >= 11 is 2.15. The van der Waals surface area contributed by atoms with Gasteiger partial charge in [-0.05, 0) is 41.6 Å². The van der Waals surface area contributed by atoms with E-state index in [0.29, 0.717) is 11.8 Å². The molecule has 0 bridgehead atoms. The smallest absolute Gasteiger partial charge is 0.338 e. The van der Waals surface area contributed by atoms with E-state index in [1.807, 2.05) is 25.1 Å². The number of hydrogen-bond acceptors (Lipinski definition) is 2. The summed E-state index contributed by atoms with van der Waals surface area (Å²) in [7, 11) is 0.889. The number of halogens is 1. The molecule has 0 saturated carbocycles. The largest absolute Gasteiger partial charge is 0.467 e. The highest BCUT2D eigenvalue weighted by Crippen LogP contribution is 2.14. The zero-order valence-corrected chi connectivity index (χ0v) is 11.8. The maximum atomic E-state index is 11.4. The third-order valence-corrected chi connectivity index (χ3v) is 2.80. The molecule has 0 fully saturated rings. The number of aryl methyl sites for hydroxylation is 1. The van der Waals surface area contributed by atoms with Crippen molar-refractivity contribution >= 4 is 38.8 Å². The van der Waals surface area contributed by atoms with Gasteiger partial charge in [0.1, 0.15) is 0 Å². The van der Waals surface area contributed by atoms with Gasteiger partial charge in [0.05, 0.1) is 22.0 Å². The SMILES string of the molecule is Cc1ccc(C(=O)OC[SiH3])c(I)c1. The number of benzene rings is 1. The Morgan fingerprint density at radius 1 is 1.62 bits per heavy atom. The summed E-state index contributed by atoms with van der Waals surface area (Å²) in [4.78, 5) is 11.4. The van der Waals surface area contributed by atoms with Crippen LogP contribution in [0, 0.1) is 10.5 Å². The molecule has 70 valence electrons. The van der Waals surface area contributed by atoms with E-state index in [1.165, 1.54) is 0 Å². The van der Waals surface area contributed by atoms with E-state index < -0.39 is 0 Å². The first-order valence-electron chi connectivity index (χ1n) is 4.08. The molecule has 0 aromatic heterocycles. The van der Waals surface area contributed by atoms with E-state index in [1.54, 1.807) is 0 Å². The minimum Gasteiger partial charge on any atom is -0.467 e. The summed E-state index contributed by atoms with van der Waals surface area (Å²) in [6, 6.07) is 5.72. The lowest BCUT2D eigenvalue weighted by atomic mass is 10.1. The zero-order valence-electron chi connectivity index (χ0n) is 7.63. The topological polar surface area (TPSA) is 26.3 Å².